The third kappa shape index (κ3) is 6.35. The average molecular weight is 498 g/mol. The van der Waals surface area contributed by atoms with Crippen molar-refractivity contribution in [3.05, 3.63) is 52.0 Å². The van der Waals surface area contributed by atoms with Gasteiger partial charge in [-0.3, -0.25) is 14.4 Å². The van der Waals surface area contributed by atoms with Gasteiger partial charge in [0.2, 0.25) is 17.6 Å². The fourth-order valence-electron chi connectivity index (χ4n) is 4.22. The molecule has 1 aliphatic heterocycles. The van der Waals surface area contributed by atoms with Crippen LogP contribution in [0.15, 0.2) is 40.8 Å². The van der Waals surface area contributed by atoms with Crippen LogP contribution in [0.5, 0.6) is 0 Å². The lowest BCUT2D eigenvalue weighted by Crippen LogP contribution is -2.46. The number of fused-ring (bicyclic) bond motifs is 1. The van der Waals surface area contributed by atoms with Gasteiger partial charge in [0.15, 0.2) is 5.58 Å². The van der Waals surface area contributed by atoms with E-state index in [2.05, 4.69) is 10.3 Å². The molecule has 0 saturated carbocycles. The van der Waals surface area contributed by atoms with Crippen molar-refractivity contribution in [3.8, 4) is 0 Å². The molecule has 1 saturated heterocycles. The van der Waals surface area contributed by atoms with E-state index in [0.29, 0.717) is 56.7 Å². The summed E-state index contributed by atoms with van der Waals surface area (Å²) in [6, 6.07) is 10.4. The number of nitrogens with one attached hydrogen (secondary N) is 1. The minimum absolute atomic E-state index is 0.0141. The number of aromatic nitrogens is 1. The van der Waals surface area contributed by atoms with E-state index in [0.717, 1.165) is 9.75 Å². The Balaban J connectivity index is 1.50. The number of aryl methyl sites for hydroxylation is 1. The third-order valence-corrected chi connectivity index (χ3v) is 7.14. The molecule has 3 aromatic rings. The Hall–Kier alpha value is -3.04. The number of carbonyl (C=O) groups is 3. The molecule has 8 nitrogen and oxygen atoms in total. The predicted molar refractivity (Wildman–Crippen MR) is 133 cm³/mol. The number of oxazole rings is 1. The summed E-state index contributed by atoms with van der Waals surface area (Å²) in [7, 11) is 0. The van der Waals surface area contributed by atoms with Crippen LogP contribution < -0.4 is 5.32 Å². The number of Topliss-reactive ketones (excluding diaryl/α,β-unsaturated/α-hetero) is 1. The van der Waals surface area contributed by atoms with E-state index in [9.17, 15) is 14.4 Å². The molecular weight excluding hydrogens is 466 g/mol. The van der Waals surface area contributed by atoms with Crippen LogP contribution in [0.25, 0.3) is 11.1 Å². The molecular formula is C26H31N3O5S. The van der Waals surface area contributed by atoms with Crippen LogP contribution in [0, 0.1) is 12.8 Å². The molecule has 1 fully saturated rings. The van der Waals surface area contributed by atoms with Crippen molar-refractivity contribution in [1.82, 2.24) is 15.2 Å². The number of ether oxygens (including phenoxy) is 1. The Kier molecular flexibility index (Phi) is 8.30. The zero-order valence-corrected chi connectivity index (χ0v) is 20.9. The molecule has 1 aliphatic rings. The Bertz CT molecular complexity index is 1150. The van der Waals surface area contributed by atoms with Crippen LogP contribution in [0.1, 0.15) is 46.6 Å². The van der Waals surface area contributed by atoms with Gasteiger partial charge in [-0.25, -0.2) is 4.98 Å². The van der Waals surface area contributed by atoms with E-state index >= 15 is 0 Å². The Morgan fingerprint density at radius 1 is 1.14 bits per heavy atom. The monoisotopic (exact) mass is 497 g/mol. The van der Waals surface area contributed by atoms with Crippen molar-refractivity contribution in [2.75, 3.05) is 26.3 Å². The molecule has 1 aromatic carbocycles. The van der Waals surface area contributed by atoms with Gasteiger partial charge in [-0.2, -0.15) is 0 Å². The number of ketones is 1. The smallest absolute Gasteiger partial charge is 0.266 e. The maximum absolute atomic E-state index is 13.5. The number of benzene rings is 1. The number of thiophene rings is 1. The Labute approximate surface area is 208 Å². The zero-order valence-electron chi connectivity index (χ0n) is 20.1. The lowest BCUT2D eigenvalue weighted by molar-refractivity contribution is -0.139. The van der Waals surface area contributed by atoms with E-state index in [1.807, 2.05) is 38.1 Å². The van der Waals surface area contributed by atoms with Gasteiger partial charge >= 0.3 is 0 Å². The molecule has 0 aliphatic carbocycles. The molecule has 3 heterocycles. The minimum atomic E-state index is -0.772. The molecule has 186 valence electrons. The van der Waals surface area contributed by atoms with Gasteiger partial charge in [0.25, 0.3) is 5.89 Å². The highest BCUT2D eigenvalue weighted by Crippen LogP contribution is 2.23. The van der Waals surface area contributed by atoms with E-state index < -0.39 is 12.0 Å². The van der Waals surface area contributed by atoms with Crippen molar-refractivity contribution in [1.29, 1.82) is 0 Å². The van der Waals surface area contributed by atoms with Crippen molar-refractivity contribution < 1.29 is 23.5 Å². The number of para-hydroxylation sites is 2. The highest BCUT2D eigenvalue weighted by Gasteiger charge is 2.31. The summed E-state index contributed by atoms with van der Waals surface area (Å²) in [6.07, 6.45) is 1.67. The molecule has 2 aromatic heterocycles. The van der Waals surface area contributed by atoms with Gasteiger partial charge in [0.05, 0.1) is 25.2 Å². The fourth-order valence-corrected chi connectivity index (χ4v) is 5.19. The quantitative estimate of drug-likeness (QED) is 0.428. The average Bonchev–Trinajstić information content (AvgIpc) is 3.49. The SMILES string of the molecule is CCC[C@H](NC(=O)[C@@H](CC(=O)N1CCOCC1)Cc1ccc(C)s1)C(=O)c1nc2ccccc2o1. The highest BCUT2D eigenvalue weighted by molar-refractivity contribution is 7.11. The molecule has 2 atom stereocenters. The lowest BCUT2D eigenvalue weighted by Gasteiger charge is -2.28. The first-order chi connectivity index (χ1) is 16.9. The second-order valence-corrected chi connectivity index (χ2v) is 10.2. The fraction of sp³-hybridized carbons (Fsp3) is 0.462. The van der Waals surface area contributed by atoms with Gasteiger partial charge < -0.3 is 19.4 Å². The molecule has 0 unspecified atom stereocenters. The van der Waals surface area contributed by atoms with E-state index in [-0.39, 0.29) is 29.9 Å². The number of nitrogens with zero attached hydrogens (tertiary/aromatic N) is 2. The number of rotatable bonds is 10. The zero-order chi connectivity index (χ0) is 24.8. The number of hydrogen-bond donors (Lipinski definition) is 1. The second kappa shape index (κ2) is 11.6. The maximum Gasteiger partial charge on any atom is 0.266 e. The van der Waals surface area contributed by atoms with Crippen LogP contribution in [0.2, 0.25) is 0 Å². The number of carbonyl (C=O) groups excluding carboxylic acids is 3. The predicted octanol–water partition coefficient (Wildman–Crippen LogP) is 3.77. The van der Waals surface area contributed by atoms with Crippen molar-refractivity contribution >= 4 is 40.0 Å². The number of hydrogen-bond acceptors (Lipinski definition) is 7. The summed E-state index contributed by atoms with van der Waals surface area (Å²) >= 11 is 1.61. The van der Waals surface area contributed by atoms with Crippen LogP contribution in [0.3, 0.4) is 0 Å². The third-order valence-electron chi connectivity index (χ3n) is 6.11. The maximum atomic E-state index is 13.5. The van der Waals surface area contributed by atoms with Crippen molar-refractivity contribution in [2.45, 2.75) is 45.6 Å². The number of amides is 2. The topological polar surface area (TPSA) is 102 Å². The van der Waals surface area contributed by atoms with E-state index in [1.54, 1.807) is 28.4 Å². The lowest BCUT2D eigenvalue weighted by atomic mass is 9.96. The van der Waals surface area contributed by atoms with Gasteiger partial charge in [-0.1, -0.05) is 25.5 Å². The molecule has 0 bridgehead atoms. The summed E-state index contributed by atoms with van der Waals surface area (Å²) in [4.78, 5) is 47.9. The van der Waals surface area contributed by atoms with E-state index in [4.69, 9.17) is 9.15 Å². The highest BCUT2D eigenvalue weighted by atomic mass is 32.1. The first-order valence-electron chi connectivity index (χ1n) is 12.1. The number of morpholine rings is 1. The summed E-state index contributed by atoms with van der Waals surface area (Å²) in [5.41, 5.74) is 1.12. The summed E-state index contributed by atoms with van der Waals surface area (Å²) in [6.45, 7) is 6.03. The summed E-state index contributed by atoms with van der Waals surface area (Å²) in [5.74, 6) is -1.33. The van der Waals surface area contributed by atoms with Crippen LogP contribution in [0.4, 0.5) is 0 Å². The van der Waals surface area contributed by atoms with Crippen molar-refractivity contribution in [2.24, 2.45) is 5.92 Å². The molecule has 0 spiro atoms. The van der Waals surface area contributed by atoms with Crippen LogP contribution in [-0.2, 0) is 20.7 Å². The molecule has 4 rings (SSSR count). The molecule has 9 heteroatoms. The first-order valence-corrected chi connectivity index (χ1v) is 12.9. The molecule has 0 radical (unpaired) electrons. The summed E-state index contributed by atoms with van der Waals surface area (Å²) < 4.78 is 11.0. The normalized spacial score (nSPS) is 15.7. The first kappa shape index (κ1) is 25.1. The van der Waals surface area contributed by atoms with Crippen molar-refractivity contribution in [3.63, 3.8) is 0 Å². The Morgan fingerprint density at radius 3 is 2.60 bits per heavy atom. The molecule has 1 N–H and O–H groups in total. The standard InChI is InChI=1S/C26H31N3O5S/c1-3-6-21(24(31)26-28-20-7-4-5-8-22(20)34-26)27-25(32)18(15-19-10-9-17(2)35-19)16-23(30)29-11-13-33-14-12-29/h4-5,7-10,18,21H,3,6,11-16H2,1-2H3,(H,27,32)/t18-,21+/m1/s1. The van der Waals surface area contributed by atoms with Gasteiger partial charge in [-0.05, 0) is 44.0 Å². The van der Waals surface area contributed by atoms with E-state index in [1.165, 1.54) is 0 Å². The summed E-state index contributed by atoms with van der Waals surface area (Å²) in [5, 5.41) is 2.92. The minimum Gasteiger partial charge on any atom is -0.434 e. The largest absolute Gasteiger partial charge is 0.434 e. The molecule has 35 heavy (non-hydrogen) atoms. The van der Waals surface area contributed by atoms with Gasteiger partial charge in [0, 0.05) is 29.3 Å². The van der Waals surface area contributed by atoms with Gasteiger partial charge in [-0.15, -0.1) is 11.3 Å². The Morgan fingerprint density at radius 2 is 1.91 bits per heavy atom. The second-order valence-electron chi connectivity index (χ2n) is 8.81. The van der Waals surface area contributed by atoms with Gasteiger partial charge in [0.1, 0.15) is 5.52 Å². The van der Waals surface area contributed by atoms with Crippen LogP contribution in [-0.4, -0.2) is 59.8 Å². The molecule has 2 amide bonds. The van der Waals surface area contributed by atoms with Crippen LogP contribution >= 0.6 is 11.3 Å².